The summed E-state index contributed by atoms with van der Waals surface area (Å²) in [6.07, 6.45) is 2.17. The van der Waals surface area contributed by atoms with Crippen LogP contribution in [-0.4, -0.2) is 32.3 Å². The summed E-state index contributed by atoms with van der Waals surface area (Å²) in [7, 11) is 1.62. The summed E-state index contributed by atoms with van der Waals surface area (Å²) < 4.78 is 10.9. The van der Waals surface area contributed by atoms with Crippen LogP contribution in [0.2, 0.25) is 0 Å². The fraction of sp³-hybridized carbons (Fsp3) is 0.316. The zero-order valence-electron chi connectivity index (χ0n) is 13.3. The fourth-order valence-corrected chi connectivity index (χ4v) is 2.79. The topological polar surface area (TPSA) is 38.8 Å². The number of hydrogen-bond donors (Lipinski definition) is 0. The van der Waals surface area contributed by atoms with Crippen molar-refractivity contribution in [2.75, 3.05) is 25.2 Å². The highest BCUT2D eigenvalue weighted by atomic mass is 16.5. The Morgan fingerprint density at radius 2 is 1.91 bits per heavy atom. The van der Waals surface area contributed by atoms with Gasteiger partial charge in [-0.15, -0.1) is 0 Å². The molecule has 0 aromatic heterocycles. The van der Waals surface area contributed by atoms with Crippen LogP contribution < -0.4 is 9.64 Å². The Bertz CT molecular complexity index is 633. The minimum atomic E-state index is -0.0191. The number of nitrogens with zero attached hydrogens (tertiary/aromatic N) is 1. The first-order chi connectivity index (χ1) is 11.3. The van der Waals surface area contributed by atoms with Gasteiger partial charge in [-0.3, -0.25) is 4.79 Å². The first-order valence-electron chi connectivity index (χ1n) is 7.90. The van der Waals surface area contributed by atoms with Crippen molar-refractivity contribution in [1.29, 1.82) is 0 Å². The number of carbonyl (C=O) groups is 1. The van der Waals surface area contributed by atoms with Crippen LogP contribution in [0, 0.1) is 0 Å². The van der Waals surface area contributed by atoms with Crippen molar-refractivity contribution in [3.8, 4) is 5.75 Å². The Balaban J connectivity index is 1.85. The number of amides is 1. The van der Waals surface area contributed by atoms with Crippen LogP contribution in [0.25, 0.3) is 0 Å². The van der Waals surface area contributed by atoms with Crippen molar-refractivity contribution >= 4 is 11.6 Å². The molecule has 0 N–H and O–H groups in total. The Kier molecular flexibility index (Phi) is 4.93. The summed E-state index contributed by atoms with van der Waals surface area (Å²) in [5.74, 6) is 0.723. The van der Waals surface area contributed by atoms with Crippen molar-refractivity contribution in [2.45, 2.75) is 18.9 Å². The summed E-state index contributed by atoms with van der Waals surface area (Å²) in [5, 5.41) is 0. The molecule has 1 heterocycles. The zero-order valence-corrected chi connectivity index (χ0v) is 13.3. The van der Waals surface area contributed by atoms with Crippen LogP contribution in [0.1, 0.15) is 23.2 Å². The molecule has 0 bridgehead atoms. The molecule has 0 spiro atoms. The predicted molar refractivity (Wildman–Crippen MR) is 90.1 cm³/mol. The summed E-state index contributed by atoms with van der Waals surface area (Å²) in [5.41, 5.74) is 1.54. The Labute approximate surface area is 136 Å². The third kappa shape index (κ3) is 3.71. The highest BCUT2D eigenvalue weighted by molar-refractivity contribution is 6.06. The van der Waals surface area contributed by atoms with Crippen molar-refractivity contribution in [1.82, 2.24) is 0 Å². The SMILES string of the molecule is COc1ccc(C(=O)N(CC2CCCO2)c2ccccc2)cc1. The van der Waals surface area contributed by atoms with E-state index in [-0.39, 0.29) is 12.0 Å². The summed E-state index contributed by atoms with van der Waals surface area (Å²) in [6, 6.07) is 17.0. The van der Waals surface area contributed by atoms with Crippen molar-refractivity contribution < 1.29 is 14.3 Å². The maximum absolute atomic E-state index is 13.0. The van der Waals surface area contributed by atoms with Gasteiger partial charge in [0.25, 0.3) is 5.91 Å². The van der Waals surface area contributed by atoms with Crippen LogP contribution >= 0.6 is 0 Å². The van der Waals surface area contributed by atoms with Crippen LogP contribution in [-0.2, 0) is 4.74 Å². The van der Waals surface area contributed by atoms with Gasteiger partial charge in [0.05, 0.1) is 19.8 Å². The molecule has 4 nitrogen and oxygen atoms in total. The molecule has 23 heavy (non-hydrogen) atoms. The van der Waals surface area contributed by atoms with Gasteiger partial charge in [0.2, 0.25) is 0 Å². The Hall–Kier alpha value is -2.33. The lowest BCUT2D eigenvalue weighted by atomic mass is 10.1. The van der Waals surface area contributed by atoms with E-state index in [0.717, 1.165) is 30.9 Å². The average Bonchev–Trinajstić information content (AvgIpc) is 3.13. The van der Waals surface area contributed by atoms with Crippen molar-refractivity contribution in [3.63, 3.8) is 0 Å². The first kappa shape index (κ1) is 15.6. The molecule has 1 amide bonds. The maximum atomic E-state index is 13.0. The number of hydrogen-bond acceptors (Lipinski definition) is 3. The molecular formula is C19H21NO3. The number of methoxy groups -OCH3 is 1. The first-order valence-corrected chi connectivity index (χ1v) is 7.90. The van der Waals surface area contributed by atoms with Gasteiger partial charge < -0.3 is 14.4 Å². The molecule has 1 fully saturated rings. The van der Waals surface area contributed by atoms with E-state index in [4.69, 9.17) is 9.47 Å². The molecule has 2 aromatic carbocycles. The largest absolute Gasteiger partial charge is 0.497 e. The smallest absolute Gasteiger partial charge is 0.258 e. The number of para-hydroxylation sites is 1. The van der Waals surface area contributed by atoms with Crippen LogP contribution in [0.15, 0.2) is 54.6 Å². The van der Waals surface area contributed by atoms with Gasteiger partial charge >= 0.3 is 0 Å². The lowest BCUT2D eigenvalue weighted by molar-refractivity contribution is 0.0917. The lowest BCUT2D eigenvalue weighted by Gasteiger charge is -2.25. The predicted octanol–water partition coefficient (Wildman–Crippen LogP) is 3.52. The molecule has 120 valence electrons. The average molecular weight is 311 g/mol. The standard InChI is InChI=1S/C19H21NO3/c1-22-17-11-9-15(10-12-17)19(21)20(14-18-8-5-13-23-18)16-6-3-2-4-7-16/h2-4,6-7,9-12,18H,5,8,13-14H2,1H3. The minimum absolute atomic E-state index is 0.0191. The number of anilines is 1. The maximum Gasteiger partial charge on any atom is 0.258 e. The lowest BCUT2D eigenvalue weighted by Crippen LogP contribution is -2.37. The molecule has 4 heteroatoms. The van der Waals surface area contributed by atoms with E-state index in [2.05, 4.69) is 0 Å². The molecular weight excluding hydrogens is 290 g/mol. The molecule has 1 saturated heterocycles. The van der Waals surface area contributed by atoms with Crippen LogP contribution in [0.5, 0.6) is 5.75 Å². The zero-order chi connectivity index (χ0) is 16.1. The fourth-order valence-electron chi connectivity index (χ4n) is 2.79. The summed E-state index contributed by atoms with van der Waals surface area (Å²) in [6.45, 7) is 1.36. The van der Waals surface area contributed by atoms with Gasteiger partial charge in [-0.1, -0.05) is 18.2 Å². The highest BCUT2D eigenvalue weighted by Gasteiger charge is 2.24. The van der Waals surface area contributed by atoms with Crippen molar-refractivity contribution in [2.24, 2.45) is 0 Å². The van der Waals surface area contributed by atoms with Gasteiger partial charge in [0.1, 0.15) is 5.75 Å². The normalized spacial score (nSPS) is 17.0. The van der Waals surface area contributed by atoms with E-state index >= 15 is 0 Å². The van der Waals surface area contributed by atoms with E-state index in [1.54, 1.807) is 24.1 Å². The van der Waals surface area contributed by atoms with Crippen LogP contribution in [0.3, 0.4) is 0 Å². The quantitative estimate of drug-likeness (QED) is 0.848. The van der Waals surface area contributed by atoms with Crippen molar-refractivity contribution in [3.05, 3.63) is 60.2 Å². The molecule has 2 aromatic rings. The third-order valence-electron chi connectivity index (χ3n) is 4.06. The molecule has 3 rings (SSSR count). The molecule has 1 unspecified atom stereocenters. The summed E-state index contributed by atoms with van der Waals surface area (Å²) in [4.78, 5) is 14.8. The summed E-state index contributed by atoms with van der Waals surface area (Å²) >= 11 is 0. The molecule has 0 radical (unpaired) electrons. The molecule has 1 aliphatic heterocycles. The Morgan fingerprint density at radius 3 is 2.52 bits per heavy atom. The van der Waals surface area contributed by atoms with Gasteiger partial charge in [0, 0.05) is 17.9 Å². The second-order valence-corrected chi connectivity index (χ2v) is 5.61. The van der Waals surface area contributed by atoms with E-state index in [0.29, 0.717) is 12.1 Å². The number of benzene rings is 2. The molecule has 1 atom stereocenters. The second-order valence-electron chi connectivity index (χ2n) is 5.61. The number of rotatable bonds is 5. The highest BCUT2D eigenvalue weighted by Crippen LogP contribution is 2.22. The van der Waals surface area contributed by atoms with Gasteiger partial charge in [-0.2, -0.15) is 0 Å². The van der Waals surface area contributed by atoms with Gasteiger partial charge in [0.15, 0.2) is 0 Å². The second kappa shape index (κ2) is 7.29. The number of ether oxygens (including phenoxy) is 2. The van der Waals surface area contributed by atoms with Crippen LogP contribution in [0.4, 0.5) is 5.69 Å². The van der Waals surface area contributed by atoms with Gasteiger partial charge in [-0.25, -0.2) is 0 Å². The molecule has 0 saturated carbocycles. The van der Waals surface area contributed by atoms with Gasteiger partial charge in [-0.05, 0) is 49.2 Å². The molecule has 0 aliphatic carbocycles. The van der Waals surface area contributed by atoms with E-state index < -0.39 is 0 Å². The monoisotopic (exact) mass is 311 g/mol. The minimum Gasteiger partial charge on any atom is -0.497 e. The Morgan fingerprint density at radius 1 is 1.17 bits per heavy atom. The van der Waals surface area contributed by atoms with E-state index in [9.17, 15) is 4.79 Å². The third-order valence-corrected chi connectivity index (χ3v) is 4.06. The number of carbonyl (C=O) groups excluding carboxylic acids is 1. The van der Waals surface area contributed by atoms with E-state index in [1.807, 2.05) is 42.5 Å². The van der Waals surface area contributed by atoms with E-state index in [1.165, 1.54) is 0 Å². The molecule has 1 aliphatic rings.